The van der Waals surface area contributed by atoms with Crippen LogP contribution < -0.4 is 5.32 Å². The minimum atomic E-state index is 0.699. The van der Waals surface area contributed by atoms with Crippen LogP contribution >= 0.6 is 12.2 Å². The monoisotopic (exact) mass is 242 g/mol. The first kappa shape index (κ1) is 13.8. The zero-order valence-electron chi connectivity index (χ0n) is 11.0. The molecule has 1 rings (SSSR count). The minimum absolute atomic E-state index is 0.699. The smallest absolute Gasteiger partial charge is 0.169 e. The van der Waals surface area contributed by atoms with Crippen LogP contribution in [0.3, 0.4) is 0 Å². The molecule has 0 bridgehead atoms. The molecule has 1 saturated carbocycles. The van der Waals surface area contributed by atoms with Crippen molar-refractivity contribution < 1.29 is 0 Å². The van der Waals surface area contributed by atoms with E-state index in [-0.39, 0.29) is 0 Å². The molecule has 1 N–H and O–H groups in total. The van der Waals surface area contributed by atoms with Gasteiger partial charge in [0.05, 0.1) is 0 Å². The molecule has 0 aromatic rings. The van der Waals surface area contributed by atoms with E-state index in [0.717, 1.165) is 24.1 Å². The number of hydrogen-bond acceptors (Lipinski definition) is 1. The van der Waals surface area contributed by atoms with Crippen molar-refractivity contribution in [3.63, 3.8) is 0 Å². The first-order valence-corrected chi connectivity index (χ1v) is 7.10. The van der Waals surface area contributed by atoms with Gasteiger partial charge in [-0.1, -0.05) is 26.7 Å². The molecule has 0 aromatic heterocycles. The summed E-state index contributed by atoms with van der Waals surface area (Å²) in [4.78, 5) is 2.44. The Kier molecular flexibility index (Phi) is 6.10. The summed E-state index contributed by atoms with van der Waals surface area (Å²) < 4.78 is 0. The molecule has 0 radical (unpaired) electrons. The molecule has 3 heteroatoms. The van der Waals surface area contributed by atoms with E-state index in [4.69, 9.17) is 12.2 Å². The lowest BCUT2D eigenvalue weighted by molar-refractivity contribution is 0.293. The fraction of sp³-hybridized carbons (Fsp3) is 0.923. The average Bonchev–Trinajstić information content (AvgIpc) is 2.71. The quantitative estimate of drug-likeness (QED) is 0.746. The van der Waals surface area contributed by atoms with E-state index in [1.165, 1.54) is 32.1 Å². The highest BCUT2D eigenvalue weighted by Crippen LogP contribution is 2.24. The highest BCUT2D eigenvalue weighted by Gasteiger charge is 2.24. The standard InChI is InChI=1S/C13H26N2S/c1-4-14-13(16)15(10-9-11(2)3)12-7-5-6-8-12/h11-12H,4-10H2,1-3H3,(H,14,16). The van der Waals surface area contributed by atoms with Gasteiger partial charge in [-0.25, -0.2) is 0 Å². The van der Waals surface area contributed by atoms with Gasteiger partial charge in [0.25, 0.3) is 0 Å². The topological polar surface area (TPSA) is 15.3 Å². The molecule has 1 fully saturated rings. The summed E-state index contributed by atoms with van der Waals surface area (Å²) in [6.45, 7) is 8.73. The summed E-state index contributed by atoms with van der Waals surface area (Å²) in [5, 5.41) is 4.27. The van der Waals surface area contributed by atoms with Crippen molar-refractivity contribution in [3.8, 4) is 0 Å². The molecule has 0 aliphatic heterocycles. The lowest BCUT2D eigenvalue weighted by atomic mass is 10.1. The van der Waals surface area contributed by atoms with Crippen molar-refractivity contribution in [3.05, 3.63) is 0 Å². The molecule has 0 saturated heterocycles. The van der Waals surface area contributed by atoms with Gasteiger partial charge in [0, 0.05) is 19.1 Å². The summed E-state index contributed by atoms with van der Waals surface area (Å²) in [6, 6.07) is 0.699. The number of rotatable bonds is 5. The van der Waals surface area contributed by atoms with E-state index < -0.39 is 0 Å². The van der Waals surface area contributed by atoms with E-state index in [2.05, 4.69) is 31.0 Å². The molecular formula is C13H26N2S. The summed E-state index contributed by atoms with van der Waals surface area (Å²) in [5.74, 6) is 0.758. The van der Waals surface area contributed by atoms with Crippen molar-refractivity contribution in [2.45, 2.75) is 58.9 Å². The van der Waals surface area contributed by atoms with E-state index in [0.29, 0.717) is 6.04 Å². The van der Waals surface area contributed by atoms with E-state index in [9.17, 15) is 0 Å². The van der Waals surface area contributed by atoms with Crippen LogP contribution in [0.4, 0.5) is 0 Å². The first-order chi connectivity index (χ1) is 7.65. The van der Waals surface area contributed by atoms with Gasteiger partial charge in [0.1, 0.15) is 0 Å². The minimum Gasteiger partial charge on any atom is -0.363 e. The van der Waals surface area contributed by atoms with Crippen LogP contribution in [-0.4, -0.2) is 29.1 Å². The van der Waals surface area contributed by atoms with E-state index >= 15 is 0 Å². The van der Waals surface area contributed by atoms with E-state index in [1.807, 2.05) is 0 Å². The molecule has 2 nitrogen and oxygen atoms in total. The van der Waals surface area contributed by atoms with Crippen LogP contribution in [0.25, 0.3) is 0 Å². The van der Waals surface area contributed by atoms with Crippen LogP contribution in [0.2, 0.25) is 0 Å². The second kappa shape index (κ2) is 7.10. The Morgan fingerprint density at radius 2 is 2.00 bits per heavy atom. The third kappa shape index (κ3) is 4.28. The van der Waals surface area contributed by atoms with Crippen LogP contribution in [0, 0.1) is 5.92 Å². The van der Waals surface area contributed by atoms with E-state index in [1.54, 1.807) is 0 Å². The molecule has 94 valence electrons. The highest BCUT2D eigenvalue weighted by molar-refractivity contribution is 7.80. The fourth-order valence-electron chi connectivity index (χ4n) is 2.32. The number of nitrogens with one attached hydrogen (secondary N) is 1. The van der Waals surface area contributed by atoms with Crippen LogP contribution in [-0.2, 0) is 0 Å². The fourth-order valence-corrected chi connectivity index (χ4v) is 2.70. The van der Waals surface area contributed by atoms with Gasteiger partial charge in [-0.15, -0.1) is 0 Å². The van der Waals surface area contributed by atoms with Crippen LogP contribution in [0.1, 0.15) is 52.9 Å². The maximum atomic E-state index is 5.48. The van der Waals surface area contributed by atoms with Crippen molar-refractivity contribution in [2.24, 2.45) is 5.92 Å². The molecule has 16 heavy (non-hydrogen) atoms. The summed E-state index contributed by atoms with van der Waals surface area (Å²) >= 11 is 5.48. The second-order valence-electron chi connectivity index (χ2n) is 5.15. The number of nitrogens with zero attached hydrogens (tertiary/aromatic N) is 1. The van der Waals surface area contributed by atoms with Crippen LogP contribution in [0.5, 0.6) is 0 Å². The normalized spacial score (nSPS) is 16.8. The summed E-state index contributed by atoms with van der Waals surface area (Å²) in [6.07, 6.45) is 6.63. The van der Waals surface area contributed by atoms with Crippen LogP contribution in [0.15, 0.2) is 0 Å². The Balaban J connectivity index is 2.49. The van der Waals surface area contributed by atoms with Gasteiger partial charge in [0.15, 0.2) is 5.11 Å². The Hall–Kier alpha value is -0.310. The predicted octanol–water partition coefficient (Wildman–Crippen LogP) is 3.17. The lowest BCUT2D eigenvalue weighted by Crippen LogP contribution is -2.45. The molecule has 1 aliphatic rings. The van der Waals surface area contributed by atoms with Gasteiger partial charge in [-0.3, -0.25) is 0 Å². The predicted molar refractivity (Wildman–Crippen MR) is 74.7 cm³/mol. The highest BCUT2D eigenvalue weighted by atomic mass is 32.1. The molecule has 0 atom stereocenters. The number of hydrogen-bond donors (Lipinski definition) is 1. The summed E-state index contributed by atoms with van der Waals surface area (Å²) in [5.41, 5.74) is 0. The maximum Gasteiger partial charge on any atom is 0.169 e. The lowest BCUT2D eigenvalue weighted by Gasteiger charge is -2.32. The van der Waals surface area contributed by atoms with Crippen molar-refractivity contribution in [1.29, 1.82) is 0 Å². The number of thiocarbonyl (C=S) groups is 1. The summed E-state index contributed by atoms with van der Waals surface area (Å²) in [7, 11) is 0. The Morgan fingerprint density at radius 3 is 2.50 bits per heavy atom. The maximum absolute atomic E-state index is 5.48. The molecule has 0 unspecified atom stereocenters. The van der Waals surface area contributed by atoms with Gasteiger partial charge < -0.3 is 10.2 Å². The molecule has 0 heterocycles. The molecule has 0 spiro atoms. The zero-order valence-corrected chi connectivity index (χ0v) is 11.8. The average molecular weight is 242 g/mol. The molecule has 0 amide bonds. The van der Waals surface area contributed by atoms with Gasteiger partial charge in [-0.05, 0) is 44.3 Å². The second-order valence-corrected chi connectivity index (χ2v) is 5.54. The van der Waals surface area contributed by atoms with Gasteiger partial charge in [-0.2, -0.15) is 0 Å². The molecule has 1 aliphatic carbocycles. The Bertz CT molecular complexity index is 210. The third-order valence-electron chi connectivity index (χ3n) is 3.30. The van der Waals surface area contributed by atoms with Gasteiger partial charge >= 0.3 is 0 Å². The largest absolute Gasteiger partial charge is 0.363 e. The first-order valence-electron chi connectivity index (χ1n) is 6.69. The third-order valence-corrected chi connectivity index (χ3v) is 3.68. The molecular weight excluding hydrogens is 216 g/mol. The van der Waals surface area contributed by atoms with Gasteiger partial charge in [0.2, 0.25) is 0 Å². The van der Waals surface area contributed by atoms with Crippen molar-refractivity contribution in [1.82, 2.24) is 10.2 Å². The van der Waals surface area contributed by atoms with Crippen molar-refractivity contribution >= 4 is 17.3 Å². The Labute approximate surface area is 106 Å². The van der Waals surface area contributed by atoms with Crippen molar-refractivity contribution in [2.75, 3.05) is 13.1 Å². The SMILES string of the molecule is CCNC(=S)N(CCC(C)C)C1CCCC1. The molecule has 0 aromatic carbocycles. The Morgan fingerprint density at radius 1 is 1.38 bits per heavy atom. The zero-order chi connectivity index (χ0) is 12.0.